The standard InChI is InChI=1S/C12H17Cl2NO3S/c1-2-7-18-8-3-6-15-19(16,17)10-4-5-11(13)12(14)9-10/h4-5,9,15H,2-3,6-8H2,1H3. The van der Waals surface area contributed by atoms with Crippen molar-refractivity contribution < 1.29 is 13.2 Å². The minimum atomic E-state index is -3.54. The van der Waals surface area contributed by atoms with Gasteiger partial charge in [-0.25, -0.2) is 13.1 Å². The van der Waals surface area contributed by atoms with E-state index in [9.17, 15) is 8.42 Å². The van der Waals surface area contributed by atoms with Crippen LogP contribution in [0.2, 0.25) is 10.0 Å². The van der Waals surface area contributed by atoms with Crippen molar-refractivity contribution in [2.24, 2.45) is 0 Å². The fourth-order valence-corrected chi connectivity index (χ4v) is 2.82. The molecule has 0 aliphatic heterocycles. The van der Waals surface area contributed by atoms with Gasteiger partial charge in [0.15, 0.2) is 0 Å². The number of hydrogen-bond donors (Lipinski definition) is 1. The molecule has 0 saturated carbocycles. The summed E-state index contributed by atoms with van der Waals surface area (Å²) in [7, 11) is -3.54. The normalized spacial score (nSPS) is 11.7. The van der Waals surface area contributed by atoms with Crippen molar-refractivity contribution in [2.45, 2.75) is 24.7 Å². The minimum Gasteiger partial charge on any atom is -0.381 e. The van der Waals surface area contributed by atoms with Gasteiger partial charge in [-0.05, 0) is 31.0 Å². The monoisotopic (exact) mass is 325 g/mol. The summed E-state index contributed by atoms with van der Waals surface area (Å²) < 4.78 is 31.6. The van der Waals surface area contributed by atoms with Crippen LogP contribution in [0.4, 0.5) is 0 Å². The highest BCUT2D eigenvalue weighted by Crippen LogP contribution is 2.24. The molecule has 0 unspecified atom stereocenters. The molecule has 108 valence electrons. The van der Waals surface area contributed by atoms with Crippen LogP contribution in [-0.2, 0) is 14.8 Å². The first kappa shape index (κ1) is 16.7. The van der Waals surface area contributed by atoms with Gasteiger partial charge in [0.05, 0.1) is 14.9 Å². The number of hydrogen-bond acceptors (Lipinski definition) is 3. The molecule has 4 nitrogen and oxygen atoms in total. The van der Waals surface area contributed by atoms with Crippen LogP contribution in [0.3, 0.4) is 0 Å². The lowest BCUT2D eigenvalue weighted by atomic mass is 10.4. The first-order valence-electron chi connectivity index (χ1n) is 6.00. The second-order valence-electron chi connectivity index (χ2n) is 3.94. The Hall–Kier alpha value is -0.330. The third-order valence-electron chi connectivity index (χ3n) is 2.31. The van der Waals surface area contributed by atoms with E-state index in [1.165, 1.54) is 18.2 Å². The predicted molar refractivity (Wildman–Crippen MR) is 77.4 cm³/mol. The van der Waals surface area contributed by atoms with Crippen LogP contribution in [0, 0.1) is 0 Å². The summed E-state index contributed by atoms with van der Waals surface area (Å²) in [4.78, 5) is 0.108. The Bertz CT molecular complexity index is 506. The molecule has 0 atom stereocenters. The van der Waals surface area contributed by atoms with Gasteiger partial charge in [-0.1, -0.05) is 30.1 Å². The lowest BCUT2D eigenvalue weighted by Crippen LogP contribution is -2.25. The molecule has 0 bridgehead atoms. The molecule has 0 aliphatic carbocycles. The van der Waals surface area contributed by atoms with Crippen LogP contribution in [0.15, 0.2) is 23.1 Å². The third-order valence-corrected chi connectivity index (χ3v) is 4.51. The van der Waals surface area contributed by atoms with Crippen molar-refractivity contribution in [1.82, 2.24) is 4.72 Å². The molecular formula is C12H17Cl2NO3S. The third kappa shape index (κ3) is 5.67. The maximum atomic E-state index is 11.9. The van der Waals surface area contributed by atoms with Crippen molar-refractivity contribution in [3.63, 3.8) is 0 Å². The van der Waals surface area contributed by atoms with Crippen molar-refractivity contribution in [3.8, 4) is 0 Å². The fourth-order valence-electron chi connectivity index (χ4n) is 1.35. The molecule has 0 heterocycles. The van der Waals surface area contributed by atoms with Gasteiger partial charge in [-0.15, -0.1) is 0 Å². The van der Waals surface area contributed by atoms with Crippen LogP contribution in [0.5, 0.6) is 0 Å². The van der Waals surface area contributed by atoms with Gasteiger partial charge in [0.2, 0.25) is 10.0 Å². The van der Waals surface area contributed by atoms with E-state index in [0.29, 0.717) is 31.2 Å². The molecule has 19 heavy (non-hydrogen) atoms. The van der Waals surface area contributed by atoms with Crippen molar-refractivity contribution in [3.05, 3.63) is 28.2 Å². The Morgan fingerprint density at radius 2 is 1.95 bits per heavy atom. The number of ether oxygens (including phenoxy) is 1. The highest BCUT2D eigenvalue weighted by molar-refractivity contribution is 7.89. The molecule has 1 N–H and O–H groups in total. The van der Waals surface area contributed by atoms with E-state index in [-0.39, 0.29) is 9.92 Å². The molecule has 7 heteroatoms. The van der Waals surface area contributed by atoms with Gasteiger partial charge >= 0.3 is 0 Å². The van der Waals surface area contributed by atoms with Crippen molar-refractivity contribution in [2.75, 3.05) is 19.8 Å². The Kier molecular flexibility index (Phi) is 7.10. The van der Waals surface area contributed by atoms with E-state index < -0.39 is 10.0 Å². The van der Waals surface area contributed by atoms with Crippen LogP contribution >= 0.6 is 23.2 Å². The highest BCUT2D eigenvalue weighted by Gasteiger charge is 2.14. The van der Waals surface area contributed by atoms with Crippen LogP contribution < -0.4 is 4.72 Å². The Morgan fingerprint density at radius 3 is 2.58 bits per heavy atom. The zero-order valence-electron chi connectivity index (χ0n) is 10.7. The minimum absolute atomic E-state index is 0.108. The Morgan fingerprint density at radius 1 is 1.21 bits per heavy atom. The molecular weight excluding hydrogens is 309 g/mol. The average molecular weight is 326 g/mol. The largest absolute Gasteiger partial charge is 0.381 e. The summed E-state index contributed by atoms with van der Waals surface area (Å²) in [6.07, 6.45) is 1.58. The van der Waals surface area contributed by atoms with Gasteiger partial charge in [-0.2, -0.15) is 0 Å². The topological polar surface area (TPSA) is 55.4 Å². The van der Waals surface area contributed by atoms with Gasteiger partial charge in [0.1, 0.15) is 0 Å². The van der Waals surface area contributed by atoms with Gasteiger partial charge in [0.25, 0.3) is 0 Å². The predicted octanol–water partition coefficient (Wildman–Crippen LogP) is 3.09. The molecule has 1 rings (SSSR count). The Labute approximate surface area is 124 Å². The number of rotatable bonds is 8. The lowest BCUT2D eigenvalue weighted by molar-refractivity contribution is 0.133. The molecule has 0 radical (unpaired) electrons. The first-order chi connectivity index (χ1) is 8.97. The highest BCUT2D eigenvalue weighted by atomic mass is 35.5. The molecule has 1 aromatic rings. The summed E-state index contributed by atoms with van der Waals surface area (Å²) in [6, 6.07) is 4.22. The zero-order valence-corrected chi connectivity index (χ0v) is 13.0. The van der Waals surface area contributed by atoms with E-state index in [4.69, 9.17) is 27.9 Å². The summed E-state index contributed by atoms with van der Waals surface area (Å²) in [5.74, 6) is 0. The quantitative estimate of drug-likeness (QED) is 0.747. The maximum Gasteiger partial charge on any atom is 0.240 e. The molecule has 0 saturated heterocycles. The maximum absolute atomic E-state index is 11.9. The molecule has 0 aliphatic rings. The number of halogens is 2. The summed E-state index contributed by atoms with van der Waals surface area (Å²) in [5, 5.41) is 0.546. The lowest BCUT2D eigenvalue weighted by Gasteiger charge is -2.08. The smallest absolute Gasteiger partial charge is 0.240 e. The molecule has 1 aromatic carbocycles. The second kappa shape index (κ2) is 8.07. The SMILES string of the molecule is CCCOCCCNS(=O)(=O)c1ccc(Cl)c(Cl)c1. The molecule has 0 amide bonds. The summed E-state index contributed by atoms with van der Waals surface area (Å²) >= 11 is 11.5. The van der Waals surface area contributed by atoms with Gasteiger partial charge in [0, 0.05) is 19.8 Å². The van der Waals surface area contributed by atoms with E-state index >= 15 is 0 Å². The number of benzene rings is 1. The van der Waals surface area contributed by atoms with E-state index in [2.05, 4.69) is 4.72 Å². The van der Waals surface area contributed by atoms with E-state index in [1.54, 1.807) is 0 Å². The van der Waals surface area contributed by atoms with E-state index in [1.807, 2.05) is 6.92 Å². The summed E-state index contributed by atoms with van der Waals surface area (Å²) in [6.45, 7) is 3.58. The zero-order chi connectivity index (χ0) is 14.3. The second-order valence-corrected chi connectivity index (χ2v) is 6.52. The fraction of sp³-hybridized carbons (Fsp3) is 0.500. The molecule has 0 spiro atoms. The van der Waals surface area contributed by atoms with Gasteiger partial charge < -0.3 is 4.74 Å². The van der Waals surface area contributed by atoms with Crippen LogP contribution in [0.1, 0.15) is 19.8 Å². The van der Waals surface area contributed by atoms with Crippen LogP contribution in [-0.4, -0.2) is 28.2 Å². The number of nitrogens with one attached hydrogen (secondary N) is 1. The number of sulfonamides is 1. The van der Waals surface area contributed by atoms with Crippen molar-refractivity contribution >= 4 is 33.2 Å². The summed E-state index contributed by atoms with van der Waals surface area (Å²) in [5.41, 5.74) is 0. The molecule has 0 aromatic heterocycles. The van der Waals surface area contributed by atoms with Crippen LogP contribution in [0.25, 0.3) is 0 Å². The Balaban J connectivity index is 2.49. The van der Waals surface area contributed by atoms with Gasteiger partial charge in [-0.3, -0.25) is 0 Å². The molecule has 0 fully saturated rings. The van der Waals surface area contributed by atoms with E-state index in [0.717, 1.165) is 6.42 Å². The average Bonchev–Trinajstić information content (AvgIpc) is 2.36. The van der Waals surface area contributed by atoms with Crippen molar-refractivity contribution in [1.29, 1.82) is 0 Å². The first-order valence-corrected chi connectivity index (χ1v) is 8.23.